The van der Waals surface area contributed by atoms with E-state index in [-0.39, 0.29) is 17.1 Å². The third-order valence-electron chi connectivity index (χ3n) is 5.34. The number of aromatic nitrogens is 1. The molecule has 3 heterocycles. The Labute approximate surface area is 167 Å². The molecule has 4 aromatic rings. The van der Waals surface area contributed by atoms with Crippen molar-refractivity contribution >= 4 is 16.9 Å². The lowest BCUT2D eigenvalue weighted by Gasteiger charge is -2.25. The zero-order valence-electron chi connectivity index (χ0n) is 15.8. The van der Waals surface area contributed by atoms with Crippen LogP contribution in [0.25, 0.3) is 11.0 Å². The maximum Gasteiger partial charge on any atom is 0.291 e. The van der Waals surface area contributed by atoms with Crippen molar-refractivity contribution in [3.63, 3.8) is 0 Å². The van der Waals surface area contributed by atoms with Gasteiger partial charge in [0.05, 0.1) is 17.0 Å². The van der Waals surface area contributed by atoms with Crippen molar-refractivity contribution in [2.45, 2.75) is 19.5 Å². The van der Waals surface area contributed by atoms with Gasteiger partial charge in [-0.05, 0) is 36.2 Å². The Bertz CT molecular complexity index is 1280. The Kier molecular flexibility index (Phi) is 4.02. The van der Waals surface area contributed by atoms with Crippen LogP contribution in [-0.4, -0.2) is 15.8 Å². The zero-order chi connectivity index (χ0) is 20.0. The quantitative estimate of drug-likeness (QED) is 0.532. The highest BCUT2D eigenvalue weighted by Crippen LogP contribution is 2.39. The molecule has 2 aromatic heterocycles. The Morgan fingerprint density at radius 1 is 1.00 bits per heavy atom. The van der Waals surface area contributed by atoms with Crippen LogP contribution >= 0.6 is 0 Å². The maximum atomic E-state index is 13.4. The SMILES string of the molecule is Cc1ccc(C2c3c(oc4ccccc4c3=O)C(=O)N2Cc2cccnc2)cc1. The van der Waals surface area contributed by atoms with Crippen LogP contribution in [0, 0.1) is 6.92 Å². The molecule has 142 valence electrons. The summed E-state index contributed by atoms with van der Waals surface area (Å²) in [5, 5.41) is 0.486. The molecule has 0 saturated carbocycles. The highest BCUT2D eigenvalue weighted by molar-refractivity contribution is 5.99. The van der Waals surface area contributed by atoms with Crippen LogP contribution in [0.5, 0.6) is 0 Å². The number of amides is 1. The van der Waals surface area contributed by atoms with Gasteiger partial charge >= 0.3 is 0 Å². The third kappa shape index (κ3) is 2.83. The lowest BCUT2D eigenvalue weighted by atomic mass is 9.97. The van der Waals surface area contributed by atoms with E-state index in [0.717, 1.165) is 16.7 Å². The molecule has 1 unspecified atom stereocenters. The van der Waals surface area contributed by atoms with E-state index >= 15 is 0 Å². The molecule has 0 saturated heterocycles. The third-order valence-corrected chi connectivity index (χ3v) is 5.34. The van der Waals surface area contributed by atoms with Crippen LogP contribution in [-0.2, 0) is 6.54 Å². The van der Waals surface area contributed by atoms with Crippen molar-refractivity contribution in [2.75, 3.05) is 0 Å². The van der Waals surface area contributed by atoms with E-state index < -0.39 is 6.04 Å². The van der Waals surface area contributed by atoms with Gasteiger partial charge in [0.2, 0.25) is 5.76 Å². The lowest BCUT2D eigenvalue weighted by molar-refractivity contribution is 0.0714. The monoisotopic (exact) mass is 382 g/mol. The van der Waals surface area contributed by atoms with Crippen molar-refractivity contribution in [2.24, 2.45) is 0 Å². The summed E-state index contributed by atoms with van der Waals surface area (Å²) in [6.07, 6.45) is 3.42. The number of carbonyl (C=O) groups is 1. The average molecular weight is 382 g/mol. The van der Waals surface area contributed by atoms with E-state index in [1.165, 1.54) is 0 Å². The van der Waals surface area contributed by atoms with Crippen LogP contribution in [0.2, 0.25) is 0 Å². The number of hydrogen-bond acceptors (Lipinski definition) is 4. The Morgan fingerprint density at radius 2 is 1.79 bits per heavy atom. The molecule has 1 aliphatic heterocycles. The molecule has 0 spiro atoms. The second-order valence-electron chi connectivity index (χ2n) is 7.28. The second kappa shape index (κ2) is 6.71. The average Bonchev–Trinajstić information content (AvgIpc) is 3.02. The number of rotatable bonds is 3. The molecule has 0 fully saturated rings. The van der Waals surface area contributed by atoms with E-state index in [4.69, 9.17) is 4.42 Å². The summed E-state index contributed by atoms with van der Waals surface area (Å²) in [4.78, 5) is 32.5. The molecular weight excluding hydrogens is 364 g/mol. The molecule has 1 atom stereocenters. The summed E-state index contributed by atoms with van der Waals surface area (Å²) in [7, 11) is 0. The summed E-state index contributed by atoms with van der Waals surface area (Å²) >= 11 is 0. The summed E-state index contributed by atoms with van der Waals surface area (Å²) in [5.41, 5.74) is 3.56. The first-order valence-electron chi connectivity index (χ1n) is 9.45. The number of benzene rings is 2. The van der Waals surface area contributed by atoms with Crippen LogP contribution in [0.1, 0.15) is 38.9 Å². The topological polar surface area (TPSA) is 63.4 Å². The minimum atomic E-state index is -0.501. The number of aryl methyl sites for hydroxylation is 1. The molecule has 5 rings (SSSR count). The number of para-hydroxylation sites is 1. The number of hydrogen-bond donors (Lipinski definition) is 0. The van der Waals surface area contributed by atoms with Crippen LogP contribution < -0.4 is 5.43 Å². The minimum absolute atomic E-state index is 0.128. The van der Waals surface area contributed by atoms with Gasteiger partial charge in [-0.15, -0.1) is 0 Å². The summed E-state index contributed by atoms with van der Waals surface area (Å²) in [5.74, 6) is -0.152. The lowest BCUT2D eigenvalue weighted by Crippen LogP contribution is -2.29. The Morgan fingerprint density at radius 3 is 2.55 bits per heavy atom. The van der Waals surface area contributed by atoms with E-state index in [1.807, 2.05) is 43.3 Å². The zero-order valence-corrected chi connectivity index (χ0v) is 15.8. The van der Waals surface area contributed by atoms with Gasteiger partial charge in [0, 0.05) is 18.9 Å². The maximum absolute atomic E-state index is 13.4. The van der Waals surface area contributed by atoms with Gasteiger partial charge in [0.15, 0.2) is 5.43 Å². The summed E-state index contributed by atoms with van der Waals surface area (Å²) in [6, 6.07) is 18.2. The number of fused-ring (bicyclic) bond motifs is 2. The largest absolute Gasteiger partial charge is 0.450 e. The molecule has 0 N–H and O–H groups in total. The van der Waals surface area contributed by atoms with E-state index in [2.05, 4.69) is 4.98 Å². The van der Waals surface area contributed by atoms with Gasteiger partial charge in [-0.25, -0.2) is 0 Å². The summed E-state index contributed by atoms with van der Waals surface area (Å²) < 4.78 is 5.93. The van der Waals surface area contributed by atoms with E-state index in [0.29, 0.717) is 23.1 Å². The van der Waals surface area contributed by atoms with Gasteiger partial charge < -0.3 is 9.32 Å². The smallest absolute Gasteiger partial charge is 0.291 e. The molecular formula is C24H18N2O3. The first-order valence-corrected chi connectivity index (χ1v) is 9.45. The number of pyridine rings is 1. The number of nitrogens with zero attached hydrogens (tertiary/aromatic N) is 2. The number of carbonyl (C=O) groups excluding carboxylic acids is 1. The molecule has 1 aliphatic rings. The first-order chi connectivity index (χ1) is 14.1. The molecule has 0 aliphatic carbocycles. The minimum Gasteiger partial charge on any atom is -0.450 e. The van der Waals surface area contributed by atoms with Crippen molar-refractivity contribution in [1.29, 1.82) is 0 Å². The van der Waals surface area contributed by atoms with Crippen molar-refractivity contribution in [1.82, 2.24) is 9.88 Å². The van der Waals surface area contributed by atoms with E-state index in [1.54, 1.807) is 41.6 Å². The highest BCUT2D eigenvalue weighted by atomic mass is 16.3. The van der Waals surface area contributed by atoms with Gasteiger partial charge in [-0.2, -0.15) is 0 Å². The summed E-state index contributed by atoms with van der Waals surface area (Å²) in [6.45, 7) is 2.35. The Hall–Kier alpha value is -3.73. The van der Waals surface area contributed by atoms with Gasteiger partial charge in [0.1, 0.15) is 5.58 Å². The highest BCUT2D eigenvalue weighted by Gasteiger charge is 2.42. The molecule has 2 aromatic carbocycles. The predicted octanol–water partition coefficient (Wildman–Crippen LogP) is 4.24. The van der Waals surface area contributed by atoms with Crippen LogP contribution in [0.15, 0.2) is 82.3 Å². The fraction of sp³-hybridized carbons (Fsp3) is 0.125. The van der Waals surface area contributed by atoms with E-state index in [9.17, 15) is 9.59 Å². The molecule has 5 heteroatoms. The normalized spacial score (nSPS) is 15.7. The van der Waals surface area contributed by atoms with Gasteiger partial charge in [0.25, 0.3) is 5.91 Å². The molecule has 0 radical (unpaired) electrons. The van der Waals surface area contributed by atoms with Gasteiger partial charge in [-0.1, -0.05) is 48.0 Å². The van der Waals surface area contributed by atoms with Crippen LogP contribution in [0.3, 0.4) is 0 Å². The first kappa shape index (κ1) is 17.4. The Balaban J connectivity index is 1.73. The molecule has 1 amide bonds. The molecule has 5 nitrogen and oxygen atoms in total. The second-order valence-corrected chi connectivity index (χ2v) is 7.28. The van der Waals surface area contributed by atoms with Crippen molar-refractivity contribution in [3.05, 3.63) is 111 Å². The van der Waals surface area contributed by atoms with Gasteiger partial charge in [-0.3, -0.25) is 14.6 Å². The van der Waals surface area contributed by atoms with Crippen LogP contribution in [0.4, 0.5) is 0 Å². The fourth-order valence-corrected chi connectivity index (χ4v) is 3.91. The molecule has 0 bridgehead atoms. The van der Waals surface area contributed by atoms with Crippen molar-refractivity contribution < 1.29 is 9.21 Å². The van der Waals surface area contributed by atoms with Crippen molar-refractivity contribution in [3.8, 4) is 0 Å². The molecule has 29 heavy (non-hydrogen) atoms. The fourth-order valence-electron chi connectivity index (χ4n) is 3.91. The predicted molar refractivity (Wildman–Crippen MR) is 110 cm³/mol. The standard InChI is InChI=1S/C24H18N2O3/c1-15-8-10-17(11-9-15)21-20-22(27)18-6-2-3-7-19(18)29-23(20)24(28)26(21)14-16-5-4-12-25-13-16/h2-13,21H,14H2,1H3.